The molecule has 0 aliphatic carbocycles. The Bertz CT molecular complexity index is 1830. The first-order valence-electron chi connectivity index (χ1n) is 18.9. The number of sulfone groups is 1. The minimum absolute atomic E-state index is 0. The van der Waals surface area contributed by atoms with Gasteiger partial charge in [-0.1, -0.05) is 44.5 Å². The maximum absolute atomic E-state index is 13.0. The molecule has 3 aromatic rings. The SMILES string of the molecule is Cc1cc(Nc2ncc(Cl)c(Nc3ccccc3S(=O)(=O)C(C)C)n2)c(OC(C)C)cc1C1CCN(CCOCCOCCOC(C(=O)O)C(C)(C)C)CC1.Cl. The zero-order valence-electron chi connectivity index (χ0n) is 33.8. The molecule has 1 fully saturated rings. The first kappa shape index (κ1) is 47.1. The first-order chi connectivity index (χ1) is 26.0. The number of hydrogen-bond acceptors (Lipinski definition) is 12. The van der Waals surface area contributed by atoms with E-state index in [2.05, 4.69) is 44.6 Å². The fourth-order valence-electron chi connectivity index (χ4n) is 6.33. The van der Waals surface area contributed by atoms with E-state index < -0.39 is 32.6 Å². The third kappa shape index (κ3) is 13.4. The summed E-state index contributed by atoms with van der Waals surface area (Å²) in [6, 6.07) is 10.9. The number of likely N-dealkylation sites (tertiary alicyclic amines) is 1. The van der Waals surface area contributed by atoms with Crippen molar-refractivity contribution in [3.8, 4) is 5.75 Å². The molecule has 1 saturated heterocycles. The third-order valence-electron chi connectivity index (χ3n) is 9.26. The number of rotatable bonds is 20. The number of carboxylic acid groups (broad SMARTS) is 1. The van der Waals surface area contributed by atoms with Gasteiger partial charge >= 0.3 is 5.97 Å². The van der Waals surface area contributed by atoms with Crippen LogP contribution >= 0.6 is 24.0 Å². The molecule has 4 rings (SSSR count). The molecular weight excluding hydrogens is 781 g/mol. The second-order valence-corrected chi connectivity index (χ2v) is 18.3. The number of hydrogen-bond donors (Lipinski definition) is 3. The maximum atomic E-state index is 13.0. The number of carboxylic acids is 1. The summed E-state index contributed by atoms with van der Waals surface area (Å²) in [7, 11) is -3.56. The molecule has 1 aliphatic heterocycles. The van der Waals surface area contributed by atoms with Crippen molar-refractivity contribution in [2.75, 3.05) is 63.3 Å². The van der Waals surface area contributed by atoms with Crippen molar-refractivity contribution in [3.63, 3.8) is 0 Å². The Morgan fingerprint density at radius 3 is 2.25 bits per heavy atom. The van der Waals surface area contributed by atoms with Gasteiger partial charge in [0.05, 0.1) is 66.9 Å². The van der Waals surface area contributed by atoms with Gasteiger partial charge in [-0.15, -0.1) is 12.4 Å². The molecule has 1 aliphatic rings. The van der Waals surface area contributed by atoms with Gasteiger partial charge in [-0.25, -0.2) is 18.2 Å². The summed E-state index contributed by atoms with van der Waals surface area (Å²) in [5.41, 5.74) is 2.98. The van der Waals surface area contributed by atoms with Gasteiger partial charge in [0.1, 0.15) is 10.8 Å². The average Bonchev–Trinajstić information content (AvgIpc) is 3.11. The summed E-state index contributed by atoms with van der Waals surface area (Å²) in [6.45, 7) is 19.6. The van der Waals surface area contributed by atoms with Crippen molar-refractivity contribution < 1.29 is 37.3 Å². The summed E-state index contributed by atoms with van der Waals surface area (Å²) in [4.78, 5) is 23.0. The fourth-order valence-corrected chi connectivity index (χ4v) is 7.67. The minimum atomic E-state index is -3.56. The van der Waals surface area contributed by atoms with Crippen molar-refractivity contribution in [2.45, 2.75) is 96.5 Å². The van der Waals surface area contributed by atoms with Crippen LogP contribution in [0.5, 0.6) is 5.75 Å². The van der Waals surface area contributed by atoms with Crippen molar-refractivity contribution >= 4 is 63.0 Å². The van der Waals surface area contributed by atoms with Crippen LogP contribution in [0.1, 0.15) is 78.4 Å². The molecule has 0 radical (unpaired) electrons. The number of anilines is 4. The van der Waals surface area contributed by atoms with Crippen molar-refractivity contribution in [1.29, 1.82) is 0 Å². The highest BCUT2D eigenvalue weighted by Crippen LogP contribution is 2.38. The Labute approximate surface area is 343 Å². The van der Waals surface area contributed by atoms with E-state index in [1.807, 2.05) is 34.6 Å². The van der Waals surface area contributed by atoms with Gasteiger partial charge in [0.25, 0.3) is 0 Å². The average molecular weight is 841 g/mol. The molecule has 2 aromatic carbocycles. The van der Waals surface area contributed by atoms with Crippen molar-refractivity contribution in [3.05, 3.63) is 58.7 Å². The molecule has 0 spiro atoms. The monoisotopic (exact) mass is 839 g/mol. The summed E-state index contributed by atoms with van der Waals surface area (Å²) in [5.74, 6) is 0.643. The molecule has 1 atom stereocenters. The largest absolute Gasteiger partial charge is 0.489 e. The normalized spacial score (nSPS) is 14.8. The van der Waals surface area contributed by atoms with Crippen LogP contribution in [0.4, 0.5) is 23.1 Å². The quantitative estimate of drug-likeness (QED) is 0.0939. The fraction of sp³-hybridized carbons (Fsp3) is 0.575. The van der Waals surface area contributed by atoms with Gasteiger partial charge < -0.3 is 39.6 Å². The molecule has 312 valence electrons. The lowest BCUT2D eigenvalue weighted by Gasteiger charge is -2.33. The van der Waals surface area contributed by atoms with E-state index in [0.29, 0.717) is 49.5 Å². The summed E-state index contributed by atoms with van der Waals surface area (Å²) < 4.78 is 49.2. The summed E-state index contributed by atoms with van der Waals surface area (Å²) >= 11 is 6.49. The van der Waals surface area contributed by atoms with Gasteiger partial charge in [0.2, 0.25) is 5.95 Å². The molecule has 0 amide bonds. The number of aryl methyl sites for hydroxylation is 1. The van der Waals surface area contributed by atoms with E-state index in [-0.39, 0.29) is 46.8 Å². The molecule has 2 heterocycles. The lowest BCUT2D eigenvalue weighted by molar-refractivity contribution is -0.159. The highest BCUT2D eigenvalue weighted by atomic mass is 35.5. The molecule has 1 unspecified atom stereocenters. The van der Waals surface area contributed by atoms with Crippen LogP contribution < -0.4 is 15.4 Å². The Morgan fingerprint density at radius 1 is 0.982 bits per heavy atom. The Hall–Kier alpha value is -3.24. The van der Waals surface area contributed by atoms with Crippen LogP contribution in [0.2, 0.25) is 5.02 Å². The Morgan fingerprint density at radius 2 is 1.62 bits per heavy atom. The smallest absolute Gasteiger partial charge is 0.333 e. The van der Waals surface area contributed by atoms with E-state index >= 15 is 0 Å². The van der Waals surface area contributed by atoms with E-state index in [1.165, 1.54) is 11.8 Å². The van der Waals surface area contributed by atoms with Crippen LogP contribution in [0.25, 0.3) is 0 Å². The lowest BCUT2D eigenvalue weighted by atomic mass is 9.86. The zero-order chi connectivity index (χ0) is 40.3. The summed E-state index contributed by atoms with van der Waals surface area (Å²) in [5, 5.41) is 15.4. The minimum Gasteiger partial charge on any atom is -0.489 e. The van der Waals surface area contributed by atoms with Crippen LogP contribution in [-0.2, 0) is 28.8 Å². The molecule has 16 heteroatoms. The van der Waals surface area contributed by atoms with Crippen LogP contribution in [0, 0.1) is 12.3 Å². The van der Waals surface area contributed by atoms with Gasteiger partial charge in [-0.2, -0.15) is 4.98 Å². The number of carbonyl (C=O) groups is 1. The molecule has 56 heavy (non-hydrogen) atoms. The molecular formula is C40H59Cl2N5O8S. The van der Waals surface area contributed by atoms with Crippen LogP contribution in [0.15, 0.2) is 47.5 Å². The number of benzene rings is 2. The topological polar surface area (TPSA) is 161 Å². The number of aromatic nitrogens is 2. The van der Waals surface area contributed by atoms with Crippen LogP contribution in [0.3, 0.4) is 0 Å². The van der Waals surface area contributed by atoms with Crippen molar-refractivity contribution in [1.82, 2.24) is 14.9 Å². The lowest BCUT2D eigenvalue weighted by Crippen LogP contribution is -2.37. The molecule has 0 saturated carbocycles. The number of para-hydroxylation sites is 1. The van der Waals surface area contributed by atoms with E-state index in [0.717, 1.165) is 38.0 Å². The standard InChI is InChI=1S/C40H58ClN5O8S.ClH/c1-26(2)54-34-24-30(29-13-15-46(16-14-29)17-18-51-19-20-52-21-22-53-36(38(47)48)40(6,7)8)28(5)23-33(34)44-39-42-25-31(41)37(45-39)43-32-11-9-10-12-35(32)55(49,50)27(3)4;/h9-12,23-27,29,36H,13-22H2,1-8H3,(H,47,48)(H2,42,43,44,45);1H. The summed E-state index contributed by atoms with van der Waals surface area (Å²) in [6.07, 6.45) is 2.54. The van der Waals surface area contributed by atoms with Gasteiger partial charge in [0, 0.05) is 6.54 Å². The van der Waals surface area contributed by atoms with Crippen molar-refractivity contribution in [2.24, 2.45) is 5.41 Å². The molecule has 0 bridgehead atoms. The predicted molar refractivity (Wildman–Crippen MR) is 223 cm³/mol. The molecule has 3 N–H and O–H groups in total. The second-order valence-electron chi connectivity index (χ2n) is 15.4. The van der Waals surface area contributed by atoms with E-state index in [1.54, 1.807) is 38.1 Å². The Balaban J connectivity index is 0.00000841. The molecule has 1 aromatic heterocycles. The van der Waals surface area contributed by atoms with Gasteiger partial charge in [-0.3, -0.25) is 0 Å². The number of halogens is 2. The Kier molecular flexibility index (Phi) is 18.1. The maximum Gasteiger partial charge on any atom is 0.333 e. The number of aliphatic carboxylic acids is 1. The highest BCUT2D eigenvalue weighted by Gasteiger charge is 2.32. The predicted octanol–water partition coefficient (Wildman–Crippen LogP) is 8.05. The number of nitrogens with one attached hydrogen (secondary N) is 2. The molecule has 13 nitrogen and oxygen atoms in total. The van der Waals surface area contributed by atoms with Gasteiger partial charge in [0.15, 0.2) is 21.8 Å². The zero-order valence-corrected chi connectivity index (χ0v) is 36.2. The third-order valence-corrected chi connectivity index (χ3v) is 11.7. The number of nitrogens with zero attached hydrogens (tertiary/aromatic N) is 3. The first-order valence-corrected chi connectivity index (χ1v) is 20.8. The highest BCUT2D eigenvalue weighted by molar-refractivity contribution is 7.92. The van der Waals surface area contributed by atoms with E-state index in [9.17, 15) is 18.3 Å². The number of ether oxygens (including phenoxy) is 4. The second kappa shape index (κ2) is 21.5. The van der Waals surface area contributed by atoms with E-state index in [4.69, 9.17) is 30.5 Å². The van der Waals surface area contributed by atoms with Crippen LogP contribution in [-0.4, -0.2) is 104 Å². The number of piperidine rings is 1. The van der Waals surface area contributed by atoms with Gasteiger partial charge in [-0.05, 0) is 107 Å².